The Balaban J connectivity index is 4.38. The molecule has 0 aromatic carbocycles. The number of nitriles is 1. The van der Waals surface area contributed by atoms with Crippen LogP contribution in [0, 0.1) is 11.3 Å². The summed E-state index contributed by atoms with van der Waals surface area (Å²) in [5.41, 5.74) is 0. The Morgan fingerprint density at radius 1 is 0.739 bits per heavy atom. The van der Waals surface area contributed by atoms with Crippen LogP contribution in [0.15, 0.2) is 10.2 Å². The standard InChI is InChI=1S/C9H14N.3C4H9.Sn/c1-2-3-4-5-6-7-8-9-10;3*1-3-4-2;/h1-2H,3-8H2;3*1,3-4H2,2H3;. The molecule has 2 heteroatoms. The van der Waals surface area contributed by atoms with Gasteiger partial charge in [-0.05, 0) is 0 Å². The molecule has 134 valence electrons. The predicted octanol–water partition coefficient (Wildman–Crippen LogP) is 7.80. The first-order valence-corrected chi connectivity index (χ1v) is 18.0. The molecule has 0 unspecified atom stereocenters. The Labute approximate surface area is 150 Å². The van der Waals surface area contributed by atoms with Gasteiger partial charge in [-0.15, -0.1) is 0 Å². The molecule has 0 bridgehead atoms. The molecule has 0 rings (SSSR count). The van der Waals surface area contributed by atoms with E-state index in [-0.39, 0.29) is 0 Å². The molecule has 1 nitrogen and oxygen atoms in total. The Kier molecular flexibility index (Phi) is 16.9. The third-order valence-electron chi connectivity index (χ3n) is 4.97. The van der Waals surface area contributed by atoms with Crippen molar-refractivity contribution in [1.82, 2.24) is 0 Å². The van der Waals surface area contributed by atoms with Crippen molar-refractivity contribution in [1.29, 1.82) is 5.26 Å². The third kappa shape index (κ3) is 13.0. The summed E-state index contributed by atoms with van der Waals surface area (Å²) in [5, 5.41) is 8.55. The van der Waals surface area contributed by atoms with E-state index in [9.17, 15) is 0 Å². The molecule has 0 radical (unpaired) electrons. The zero-order chi connectivity index (χ0) is 17.2. The fraction of sp³-hybridized carbons (Fsp3) is 0.857. The predicted molar refractivity (Wildman–Crippen MR) is 107 cm³/mol. The molecule has 0 heterocycles. The van der Waals surface area contributed by atoms with Gasteiger partial charge in [0.2, 0.25) is 0 Å². The van der Waals surface area contributed by atoms with Crippen molar-refractivity contribution in [2.75, 3.05) is 0 Å². The molecule has 0 aromatic rings. The monoisotopic (exact) mass is 427 g/mol. The average Bonchev–Trinajstić information content (AvgIpc) is 2.58. The number of unbranched alkanes of at least 4 members (excludes halogenated alkanes) is 8. The van der Waals surface area contributed by atoms with Crippen LogP contribution in [0.4, 0.5) is 0 Å². The molecule has 0 fully saturated rings. The summed E-state index contributed by atoms with van der Waals surface area (Å²) < 4.78 is 7.57. The number of nitrogens with zero attached hydrogens (tertiary/aromatic N) is 1. The fourth-order valence-electron chi connectivity index (χ4n) is 3.36. The van der Waals surface area contributed by atoms with Crippen LogP contribution < -0.4 is 0 Å². The summed E-state index contributed by atoms with van der Waals surface area (Å²) in [6, 6.07) is 2.24. The van der Waals surface area contributed by atoms with Gasteiger partial charge in [0.1, 0.15) is 0 Å². The number of hydrogen-bond donors (Lipinski definition) is 0. The van der Waals surface area contributed by atoms with Gasteiger partial charge in [0, 0.05) is 0 Å². The third-order valence-corrected chi connectivity index (χ3v) is 19.2. The van der Waals surface area contributed by atoms with Gasteiger partial charge in [0.15, 0.2) is 0 Å². The van der Waals surface area contributed by atoms with Crippen LogP contribution in [-0.4, -0.2) is 18.4 Å². The molecule has 0 aliphatic carbocycles. The van der Waals surface area contributed by atoms with Crippen molar-refractivity contribution >= 4 is 18.4 Å². The maximum absolute atomic E-state index is 8.55. The number of hydrogen-bond acceptors (Lipinski definition) is 1. The molecule has 0 saturated heterocycles. The molecule has 23 heavy (non-hydrogen) atoms. The molecule has 0 aliphatic rings. The molecule has 0 atom stereocenters. The summed E-state index contributed by atoms with van der Waals surface area (Å²) in [6.45, 7) is 7.05. The van der Waals surface area contributed by atoms with E-state index in [1.165, 1.54) is 64.2 Å². The van der Waals surface area contributed by atoms with E-state index in [2.05, 4.69) is 37.0 Å². The zero-order valence-electron chi connectivity index (χ0n) is 16.2. The van der Waals surface area contributed by atoms with E-state index >= 15 is 0 Å². The maximum atomic E-state index is 8.55. The average molecular weight is 426 g/mol. The minimum atomic E-state index is -2.00. The Morgan fingerprint density at radius 2 is 1.26 bits per heavy atom. The SMILES string of the molecule is CCC[CH2][Sn](/[CH]=C/CCCCCCC#N)([CH2]CCC)[CH2]CCC. The first-order valence-electron chi connectivity index (χ1n) is 10.3. The first kappa shape index (κ1) is 23.0. The van der Waals surface area contributed by atoms with Crippen molar-refractivity contribution < 1.29 is 0 Å². The van der Waals surface area contributed by atoms with Gasteiger partial charge in [-0.3, -0.25) is 0 Å². The summed E-state index contributed by atoms with van der Waals surface area (Å²) in [5.74, 6) is 0. The summed E-state index contributed by atoms with van der Waals surface area (Å²) in [4.78, 5) is 0. The molecule has 0 saturated carbocycles. The normalized spacial score (nSPS) is 11.9. The molecule has 0 spiro atoms. The van der Waals surface area contributed by atoms with Crippen LogP contribution in [0.1, 0.15) is 97.8 Å². The van der Waals surface area contributed by atoms with Crippen molar-refractivity contribution in [2.45, 2.75) is 111 Å². The summed E-state index contributed by atoms with van der Waals surface area (Å²) in [7, 11) is 0. The Bertz CT molecular complexity index is 295. The van der Waals surface area contributed by atoms with E-state index in [1.54, 1.807) is 13.3 Å². The van der Waals surface area contributed by atoms with Crippen LogP contribution in [-0.2, 0) is 0 Å². The quantitative estimate of drug-likeness (QED) is 0.183. The van der Waals surface area contributed by atoms with E-state index in [0.29, 0.717) is 0 Å². The van der Waals surface area contributed by atoms with Crippen LogP contribution in [0.2, 0.25) is 13.3 Å². The van der Waals surface area contributed by atoms with Gasteiger partial charge in [-0.1, -0.05) is 0 Å². The zero-order valence-corrected chi connectivity index (χ0v) is 19.1. The second kappa shape index (κ2) is 16.9. The van der Waals surface area contributed by atoms with Gasteiger partial charge in [-0.2, -0.15) is 0 Å². The van der Waals surface area contributed by atoms with Crippen molar-refractivity contribution in [3.05, 3.63) is 10.2 Å². The van der Waals surface area contributed by atoms with Crippen molar-refractivity contribution in [3.63, 3.8) is 0 Å². The molecule has 0 aromatic heterocycles. The molecule has 0 aliphatic heterocycles. The second-order valence-electron chi connectivity index (χ2n) is 7.19. The van der Waals surface area contributed by atoms with Crippen LogP contribution >= 0.6 is 0 Å². The minimum absolute atomic E-state index is 0.737. The van der Waals surface area contributed by atoms with Crippen LogP contribution in [0.25, 0.3) is 0 Å². The summed E-state index contributed by atoms with van der Waals surface area (Å²) in [6.07, 6.45) is 18.0. The van der Waals surface area contributed by atoms with E-state index < -0.39 is 18.4 Å². The number of rotatable bonds is 16. The van der Waals surface area contributed by atoms with Crippen molar-refractivity contribution in [3.8, 4) is 6.07 Å². The van der Waals surface area contributed by atoms with Crippen molar-refractivity contribution in [2.24, 2.45) is 0 Å². The first-order chi connectivity index (χ1) is 11.2. The molecular formula is C21H41NSn. The Morgan fingerprint density at radius 3 is 1.74 bits per heavy atom. The molecule has 0 N–H and O–H groups in total. The van der Waals surface area contributed by atoms with Gasteiger partial charge in [0.05, 0.1) is 0 Å². The van der Waals surface area contributed by atoms with Crippen LogP contribution in [0.5, 0.6) is 0 Å². The van der Waals surface area contributed by atoms with Gasteiger partial charge < -0.3 is 0 Å². The number of allylic oxidation sites excluding steroid dienone is 1. The molecular weight excluding hydrogens is 385 g/mol. The fourth-order valence-corrected chi connectivity index (χ4v) is 17.9. The Hall–Kier alpha value is 0.0287. The van der Waals surface area contributed by atoms with Gasteiger partial charge >= 0.3 is 151 Å². The summed E-state index contributed by atoms with van der Waals surface area (Å²) >= 11 is -2.00. The van der Waals surface area contributed by atoms with Gasteiger partial charge in [0.25, 0.3) is 0 Å². The van der Waals surface area contributed by atoms with Crippen LogP contribution in [0.3, 0.4) is 0 Å². The second-order valence-corrected chi connectivity index (χ2v) is 20.2. The topological polar surface area (TPSA) is 23.8 Å². The van der Waals surface area contributed by atoms with Gasteiger partial charge in [-0.25, -0.2) is 0 Å². The van der Waals surface area contributed by atoms with E-state index in [1.807, 2.05) is 0 Å². The van der Waals surface area contributed by atoms with E-state index in [4.69, 9.17) is 5.26 Å². The molecule has 0 amide bonds. The van der Waals surface area contributed by atoms with E-state index in [0.717, 1.165) is 12.8 Å².